The Kier molecular flexibility index (Phi) is 2.98. The van der Waals surface area contributed by atoms with Crippen molar-refractivity contribution in [2.24, 2.45) is 5.73 Å². The number of hydrogen-bond donors (Lipinski definition) is 1. The fourth-order valence-corrected chi connectivity index (χ4v) is 2.03. The minimum absolute atomic E-state index is 0.340. The smallest absolute Gasteiger partial charge is 0.299 e. The van der Waals surface area contributed by atoms with Gasteiger partial charge in [-0.3, -0.25) is 9.59 Å². The van der Waals surface area contributed by atoms with E-state index in [4.69, 9.17) is 5.73 Å². The number of fused-ring (bicyclic) bond motifs is 1. The van der Waals surface area contributed by atoms with Gasteiger partial charge in [-0.2, -0.15) is 0 Å². The molecule has 1 aliphatic heterocycles. The summed E-state index contributed by atoms with van der Waals surface area (Å²) in [5, 5.41) is 0. The lowest BCUT2D eigenvalue weighted by Crippen LogP contribution is -2.34. The molecule has 2 rings (SSSR count). The van der Waals surface area contributed by atoms with Crippen LogP contribution in [0.1, 0.15) is 35.7 Å². The van der Waals surface area contributed by atoms with Crippen LogP contribution in [0.2, 0.25) is 0 Å². The number of hydrogen-bond acceptors (Lipinski definition) is 3. The van der Waals surface area contributed by atoms with E-state index < -0.39 is 11.7 Å². The summed E-state index contributed by atoms with van der Waals surface area (Å²) in [6.07, 6.45) is 0. The molecule has 1 heterocycles. The second-order valence-electron chi connectivity index (χ2n) is 4.51. The summed E-state index contributed by atoms with van der Waals surface area (Å²) in [6.45, 7) is 4.85. The van der Waals surface area contributed by atoms with Crippen LogP contribution in [0, 0.1) is 0 Å². The van der Waals surface area contributed by atoms with Gasteiger partial charge in [-0.25, -0.2) is 0 Å². The van der Waals surface area contributed by atoms with E-state index in [9.17, 15) is 9.59 Å². The molecular weight excluding hydrogens is 216 g/mol. The second kappa shape index (κ2) is 4.30. The Bertz CT molecular complexity index is 480. The summed E-state index contributed by atoms with van der Waals surface area (Å²) >= 11 is 0. The summed E-state index contributed by atoms with van der Waals surface area (Å²) in [4.78, 5) is 25.0. The number of carbonyl (C=O) groups is 2. The molecule has 0 bridgehead atoms. The number of nitrogens with zero attached hydrogens (tertiary/aromatic N) is 1. The monoisotopic (exact) mass is 232 g/mol. The molecule has 4 heteroatoms. The van der Waals surface area contributed by atoms with Crippen LogP contribution in [0.5, 0.6) is 0 Å². The number of carbonyl (C=O) groups excluding carboxylic acids is 2. The van der Waals surface area contributed by atoms with Crippen molar-refractivity contribution in [3.05, 3.63) is 29.3 Å². The predicted molar refractivity (Wildman–Crippen MR) is 66.3 cm³/mol. The molecule has 90 valence electrons. The summed E-state index contributed by atoms with van der Waals surface area (Å²) in [5.74, 6) is -0.547. The van der Waals surface area contributed by atoms with Gasteiger partial charge in [-0.1, -0.05) is 19.9 Å². The fraction of sp³-hybridized carbons (Fsp3) is 0.385. The van der Waals surface area contributed by atoms with Crippen molar-refractivity contribution in [3.63, 3.8) is 0 Å². The van der Waals surface area contributed by atoms with Gasteiger partial charge >= 0.3 is 0 Å². The molecule has 0 saturated carbocycles. The van der Waals surface area contributed by atoms with Gasteiger partial charge < -0.3 is 10.6 Å². The molecular formula is C13H16N2O2. The van der Waals surface area contributed by atoms with Crippen molar-refractivity contribution in [3.8, 4) is 0 Å². The lowest BCUT2D eigenvalue weighted by atomic mass is 9.99. The van der Waals surface area contributed by atoms with Crippen molar-refractivity contribution in [1.82, 2.24) is 0 Å². The van der Waals surface area contributed by atoms with Gasteiger partial charge in [0.1, 0.15) is 0 Å². The largest absolute Gasteiger partial charge is 0.329 e. The number of amides is 1. The molecule has 0 atom stereocenters. The molecule has 0 fully saturated rings. The van der Waals surface area contributed by atoms with E-state index in [1.54, 1.807) is 0 Å². The molecule has 0 spiro atoms. The van der Waals surface area contributed by atoms with Crippen LogP contribution < -0.4 is 10.6 Å². The molecule has 0 unspecified atom stereocenters. The zero-order valence-corrected chi connectivity index (χ0v) is 10.1. The highest BCUT2D eigenvalue weighted by Crippen LogP contribution is 2.31. The molecule has 1 aromatic carbocycles. The summed E-state index contributed by atoms with van der Waals surface area (Å²) < 4.78 is 0. The first-order chi connectivity index (χ1) is 8.06. The van der Waals surface area contributed by atoms with Crippen LogP contribution in [-0.2, 0) is 4.79 Å². The van der Waals surface area contributed by atoms with Crippen LogP contribution >= 0.6 is 0 Å². The Morgan fingerprint density at radius 3 is 2.59 bits per heavy atom. The third kappa shape index (κ3) is 1.85. The van der Waals surface area contributed by atoms with Gasteiger partial charge in [0.2, 0.25) is 0 Å². The Morgan fingerprint density at radius 2 is 2.00 bits per heavy atom. The number of rotatable bonds is 3. The van der Waals surface area contributed by atoms with E-state index in [2.05, 4.69) is 13.8 Å². The number of Topliss-reactive ketones (excluding diaryl/α,β-unsaturated/α-hetero) is 1. The van der Waals surface area contributed by atoms with Crippen molar-refractivity contribution >= 4 is 17.4 Å². The van der Waals surface area contributed by atoms with Crippen LogP contribution in [-0.4, -0.2) is 24.8 Å². The molecule has 1 amide bonds. The Morgan fingerprint density at radius 1 is 1.29 bits per heavy atom. The Balaban J connectivity index is 2.47. The number of benzene rings is 1. The van der Waals surface area contributed by atoms with Gasteiger partial charge in [-0.05, 0) is 23.6 Å². The van der Waals surface area contributed by atoms with Crippen LogP contribution in [0.25, 0.3) is 0 Å². The fourth-order valence-electron chi connectivity index (χ4n) is 2.03. The van der Waals surface area contributed by atoms with Gasteiger partial charge in [0, 0.05) is 13.1 Å². The summed E-state index contributed by atoms with van der Waals surface area (Å²) in [6, 6.07) is 5.61. The van der Waals surface area contributed by atoms with E-state index in [1.165, 1.54) is 4.90 Å². The van der Waals surface area contributed by atoms with Crippen molar-refractivity contribution < 1.29 is 9.59 Å². The zero-order valence-electron chi connectivity index (χ0n) is 10.1. The van der Waals surface area contributed by atoms with E-state index in [-0.39, 0.29) is 0 Å². The van der Waals surface area contributed by atoms with E-state index in [0.717, 1.165) is 5.56 Å². The Hall–Kier alpha value is -1.68. The molecule has 1 aliphatic rings. The highest BCUT2D eigenvalue weighted by atomic mass is 16.2. The van der Waals surface area contributed by atoms with E-state index >= 15 is 0 Å². The minimum Gasteiger partial charge on any atom is -0.329 e. The van der Waals surface area contributed by atoms with E-state index in [0.29, 0.717) is 30.3 Å². The average molecular weight is 232 g/mol. The SMILES string of the molecule is CC(C)c1ccc2c(c1)C(=O)C(=O)N2CCN. The van der Waals surface area contributed by atoms with Crippen LogP contribution in [0.3, 0.4) is 0 Å². The average Bonchev–Trinajstić information content (AvgIpc) is 2.54. The normalized spacial score (nSPS) is 14.7. The summed E-state index contributed by atoms with van der Waals surface area (Å²) in [7, 11) is 0. The molecule has 17 heavy (non-hydrogen) atoms. The highest BCUT2D eigenvalue weighted by molar-refractivity contribution is 6.52. The predicted octanol–water partition coefficient (Wildman–Crippen LogP) is 1.30. The molecule has 4 nitrogen and oxygen atoms in total. The lowest BCUT2D eigenvalue weighted by Gasteiger charge is -2.15. The maximum atomic E-state index is 11.8. The van der Waals surface area contributed by atoms with Gasteiger partial charge in [0.05, 0.1) is 11.3 Å². The van der Waals surface area contributed by atoms with Crippen molar-refractivity contribution in [2.75, 3.05) is 18.0 Å². The first-order valence-electron chi connectivity index (χ1n) is 5.76. The quantitative estimate of drug-likeness (QED) is 0.799. The standard InChI is InChI=1S/C13H16N2O2/c1-8(2)9-3-4-11-10(7-9)12(16)13(17)15(11)6-5-14/h3-4,7-8H,5-6,14H2,1-2H3. The molecule has 0 saturated heterocycles. The number of nitrogens with two attached hydrogens (primary N) is 1. The second-order valence-corrected chi connectivity index (χ2v) is 4.51. The van der Waals surface area contributed by atoms with Crippen LogP contribution in [0.15, 0.2) is 18.2 Å². The lowest BCUT2D eigenvalue weighted by molar-refractivity contribution is -0.114. The molecule has 1 aromatic rings. The first kappa shape index (κ1) is 11.8. The van der Waals surface area contributed by atoms with Gasteiger partial charge in [-0.15, -0.1) is 0 Å². The molecule has 2 N–H and O–H groups in total. The van der Waals surface area contributed by atoms with Crippen LogP contribution in [0.4, 0.5) is 5.69 Å². The van der Waals surface area contributed by atoms with Crippen molar-refractivity contribution in [2.45, 2.75) is 19.8 Å². The topological polar surface area (TPSA) is 63.4 Å². The van der Waals surface area contributed by atoms with E-state index in [1.807, 2.05) is 18.2 Å². The van der Waals surface area contributed by atoms with Crippen molar-refractivity contribution in [1.29, 1.82) is 0 Å². The van der Waals surface area contributed by atoms with Gasteiger partial charge in [0.25, 0.3) is 11.7 Å². The number of anilines is 1. The number of ketones is 1. The molecule has 0 radical (unpaired) electrons. The highest BCUT2D eigenvalue weighted by Gasteiger charge is 2.35. The molecule has 0 aromatic heterocycles. The maximum absolute atomic E-state index is 11.8. The zero-order chi connectivity index (χ0) is 12.6. The third-order valence-electron chi connectivity index (χ3n) is 3.01. The Labute approximate surface area is 100 Å². The maximum Gasteiger partial charge on any atom is 0.299 e. The minimum atomic E-state index is -0.466. The molecule has 0 aliphatic carbocycles. The summed E-state index contributed by atoms with van der Waals surface area (Å²) in [5.41, 5.74) is 7.71. The first-order valence-corrected chi connectivity index (χ1v) is 5.76. The van der Waals surface area contributed by atoms with Gasteiger partial charge in [0.15, 0.2) is 0 Å². The third-order valence-corrected chi connectivity index (χ3v) is 3.01.